The van der Waals surface area contributed by atoms with Crippen LogP contribution in [0.25, 0.3) is 6.08 Å². The maximum atomic E-state index is 13.1. The molecule has 1 N–H and O–H groups in total. The van der Waals surface area contributed by atoms with Gasteiger partial charge in [0, 0.05) is 10.7 Å². The van der Waals surface area contributed by atoms with Crippen LogP contribution in [-0.4, -0.2) is 37.0 Å². The second kappa shape index (κ2) is 11.7. The number of thioether (sulfide) groups is 1. The van der Waals surface area contributed by atoms with Crippen LogP contribution in [0.2, 0.25) is 5.02 Å². The van der Waals surface area contributed by atoms with Gasteiger partial charge in [-0.3, -0.25) is 14.5 Å². The van der Waals surface area contributed by atoms with E-state index in [1.54, 1.807) is 73.8 Å². The third-order valence-corrected chi connectivity index (χ3v) is 7.22. The fraction of sp³-hybridized carbons (Fsp3) is 0.148. The van der Waals surface area contributed by atoms with Crippen LogP contribution >= 0.6 is 35.6 Å². The summed E-state index contributed by atoms with van der Waals surface area (Å²) < 4.78 is 16.8. The summed E-state index contributed by atoms with van der Waals surface area (Å²) in [6, 6.07) is 17.6. The van der Waals surface area contributed by atoms with Crippen LogP contribution < -0.4 is 24.4 Å². The van der Waals surface area contributed by atoms with Gasteiger partial charge in [0.05, 0.1) is 24.8 Å². The molecule has 0 aliphatic carbocycles. The molecular weight excluding hydrogens is 532 g/mol. The number of anilines is 2. The van der Waals surface area contributed by atoms with E-state index in [4.69, 9.17) is 38.0 Å². The van der Waals surface area contributed by atoms with Crippen molar-refractivity contribution in [2.24, 2.45) is 0 Å². The second-order valence-electron chi connectivity index (χ2n) is 7.87. The number of carbonyl (C=O) groups is 2. The van der Waals surface area contributed by atoms with Gasteiger partial charge in [-0.05, 0) is 72.7 Å². The minimum Gasteiger partial charge on any atom is -0.497 e. The van der Waals surface area contributed by atoms with Crippen molar-refractivity contribution in [1.82, 2.24) is 0 Å². The van der Waals surface area contributed by atoms with Gasteiger partial charge in [-0.1, -0.05) is 47.7 Å². The van der Waals surface area contributed by atoms with Crippen molar-refractivity contribution in [3.05, 3.63) is 81.7 Å². The van der Waals surface area contributed by atoms with Crippen LogP contribution in [0.1, 0.15) is 11.1 Å². The van der Waals surface area contributed by atoms with Crippen LogP contribution in [0.5, 0.6) is 17.2 Å². The predicted molar refractivity (Wildman–Crippen MR) is 152 cm³/mol. The van der Waals surface area contributed by atoms with Crippen LogP contribution in [0.4, 0.5) is 11.4 Å². The first-order valence-electron chi connectivity index (χ1n) is 11.1. The molecule has 3 aromatic carbocycles. The molecule has 10 heteroatoms. The van der Waals surface area contributed by atoms with Gasteiger partial charge in [0.15, 0.2) is 22.4 Å². The van der Waals surface area contributed by atoms with E-state index in [9.17, 15) is 9.59 Å². The minimum atomic E-state index is -0.335. The molecule has 0 spiro atoms. The van der Waals surface area contributed by atoms with Crippen molar-refractivity contribution in [1.29, 1.82) is 0 Å². The van der Waals surface area contributed by atoms with E-state index in [0.717, 1.165) is 11.1 Å². The standard InChI is InChI=1S/C27H23ClN2O5S2/c1-16-20(28)5-4-6-21(16)29-25(31)15-35-22-12-7-17(13-23(22)34-3)14-24-26(32)30(27(36)37-24)18-8-10-19(33-2)11-9-18/h4-14H,15H2,1-3H3,(H,29,31)/b24-14-. The van der Waals surface area contributed by atoms with E-state index in [-0.39, 0.29) is 18.4 Å². The van der Waals surface area contributed by atoms with E-state index in [1.165, 1.54) is 23.8 Å². The van der Waals surface area contributed by atoms with Crippen molar-refractivity contribution >= 4 is 69.2 Å². The first-order valence-corrected chi connectivity index (χ1v) is 12.7. The summed E-state index contributed by atoms with van der Waals surface area (Å²) in [5.74, 6) is 0.955. The molecule has 0 saturated carbocycles. The van der Waals surface area contributed by atoms with Gasteiger partial charge in [0.25, 0.3) is 11.8 Å². The highest BCUT2D eigenvalue weighted by molar-refractivity contribution is 8.27. The van der Waals surface area contributed by atoms with Crippen molar-refractivity contribution in [2.75, 3.05) is 31.0 Å². The third-order valence-electron chi connectivity index (χ3n) is 5.51. The molecule has 0 unspecified atom stereocenters. The molecule has 190 valence electrons. The smallest absolute Gasteiger partial charge is 0.270 e. The molecule has 37 heavy (non-hydrogen) atoms. The second-order valence-corrected chi connectivity index (χ2v) is 9.96. The van der Waals surface area contributed by atoms with Crippen molar-refractivity contribution in [2.45, 2.75) is 6.92 Å². The summed E-state index contributed by atoms with van der Waals surface area (Å²) in [4.78, 5) is 27.4. The van der Waals surface area contributed by atoms with Crippen LogP contribution in [0, 0.1) is 6.92 Å². The molecule has 3 aromatic rings. The number of halogens is 1. The molecular formula is C27H23ClN2O5S2. The van der Waals surface area contributed by atoms with Crippen molar-refractivity contribution < 1.29 is 23.8 Å². The Morgan fingerprint density at radius 2 is 1.84 bits per heavy atom. The highest BCUT2D eigenvalue weighted by atomic mass is 35.5. The molecule has 7 nitrogen and oxygen atoms in total. The molecule has 4 rings (SSSR count). The maximum Gasteiger partial charge on any atom is 0.270 e. The van der Waals surface area contributed by atoms with Gasteiger partial charge in [0.2, 0.25) is 0 Å². The zero-order valence-electron chi connectivity index (χ0n) is 20.2. The van der Waals surface area contributed by atoms with E-state index in [2.05, 4.69) is 5.32 Å². The molecule has 0 bridgehead atoms. The molecule has 1 saturated heterocycles. The number of thiocarbonyl (C=S) groups is 1. The average Bonchev–Trinajstić information content (AvgIpc) is 3.18. The van der Waals surface area contributed by atoms with Gasteiger partial charge >= 0.3 is 0 Å². The molecule has 1 fully saturated rings. The lowest BCUT2D eigenvalue weighted by molar-refractivity contribution is -0.118. The van der Waals surface area contributed by atoms with E-state index >= 15 is 0 Å². The van der Waals surface area contributed by atoms with Crippen LogP contribution in [0.15, 0.2) is 65.6 Å². The van der Waals surface area contributed by atoms with Crippen LogP contribution in [0.3, 0.4) is 0 Å². The van der Waals surface area contributed by atoms with Gasteiger partial charge in [-0.15, -0.1) is 0 Å². The van der Waals surface area contributed by atoms with E-state index in [0.29, 0.717) is 42.9 Å². The number of nitrogens with zero attached hydrogens (tertiary/aromatic N) is 1. The molecule has 0 atom stereocenters. The molecule has 0 radical (unpaired) electrons. The number of amides is 2. The number of hydrogen-bond acceptors (Lipinski definition) is 7. The zero-order chi connectivity index (χ0) is 26.5. The Morgan fingerprint density at radius 1 is 1.08 bits per heavy atom. The summed E-state index contributed by atoms with van der Waals surface area (Å²) in [7, 11) is 3.09. The largest absolute Gasteiger partial charge is 0.497 e. The minimum absolute atomic E-state index is 0.215. The van der Waals surface area contributed by atoms with E-state index in [1.807, 2.05) is 6.92 Å². The Hall–Kier alpha value is -3.53. The lowest BCUT2D eigenvalue weighted by Gasteiger charge is -2.14. The van der Waals surface area contributed by atoms with Crippen molar-refractivity contribution in [3.63, 3.8) is 0 Å². The average molecular weight is 555 g/mol. The van der Waals surface area contributed by atoms with E-state index < -0.39 is 0 Å². The summed E-state index contributed by atoms with van der Waals surface area (Å²) in [6.07, 6.45) is 1.74. The summed E-state index contributed by atoms with van der Waals surface area (Å²) in [5, 5.41) is 3.36. The first kappa shape index (κ1) is 26.5. The number of carbonyl (C=O) groups excluding carboxylic acids is 2. The Morgan fingerprint density at radius 3 is 2.54 bits per heavy atom. The van der Waals surface area contributed by atoms with Gasteiger partial charge in [-0.25, -0.2) is 0 Å². The number of benzene rings is 3. The number of nitrogens with one attached hydrogen (secondary N) is 1. The molecule has 1 heterocycles. The maximum absolute atomic E-state index is 13.1. The monoisotopic (exact) mass is 554 g/mol. The fourth-order valence-corrected chi connectivity index (χ4v) is 5.01. The van der Waals surface area contributed by atoms with Gasteiger partial charge in [-0.2, -0.15) is 0 Å². The summed E-state index contributed by atoms with van der Waals surface area (Å²) in [6.45, 7) is 1.60. The number of rotatable bonds is 8. The van der Waals surface area contributed by atoms with Crippen LogP contribution in [-0.2, 0) is 9.59 Å². The quantitative estimate of drug-likeness (QED) is 0.267. The molecule has 1 aliphatic rings. The SMILES string of the molecule is COc1ccc(N2C(=O)/C(=C/c3ccc(OCC(=O)Nc4cccc(Cl)c4C)c(OC)c3)SC2=S)cc1. The molecule has 1 aliphatic heterocycles. The summed E-state index contributed by atoms with van der Waals surface area (Å²) >= 11 is 12.8. The Balaban J connectivity index is 1.45. The Labute approximate surface area is 229 Å². The predicted octanol–water partition coefficient (Wildman–Crippen LogP) is 6.09. The first-order chi connectivity index (χ1) is 17.8. The normalized spacial score (nSPS) is 14.2. The highest BCUT2D eigenvalue weighted by Gasteiger charge is 2.33. The van der Waals surface area contributed by atoms with Crippen molar-refractivity contribution in [3.8, 4) is 17.2 Å². The molecule has 0 aromatic heterocycles. The number of hydrogen-bond donors (Lipinski definition) is 1. The topological polar surface area (TPSA) is 77.1 Å². The lowest BCUT2D eigenvalue weighted by atomic mass is 10.1. The summed E-state index contributed by atoms with van der Waals surface area (Å²) in [5.41, 5.74) is 2.78. The molecule has 2 amide bonds. The fourth-order valence-electron chi connectivity index (χ4n) is 3.54. The van der Waals surface area contributed by atoms with Gasteiger partial charge in [0.1, 0.15) is 5.75 Å². The number of methoxy groups -OCH3 is 2. The Kier molecular flexibility index (Phi) is 8.38. The highest BCUT2D eigenvalue weighted by Crippen LogP contribution is 2.37. The lowest BCUT2D eigenvalue weighted by Crippen LogP contribution is -2.27. The Bertz CT molecular complexity index is 1390. The third kappa shape index (κ3) is 6.07. The number of ether oxygens (including phenoxy) is 3. The van der Waals surface area contributed by atoms with Gasteiger partial charge < -0.3 is 19.5 Å². The zero-order valence-corrected chi connectivity index (χ0v) is 22.6.